The Morgan fingerprint density at radius 1 is 1.36 bits per heavy atom. The van der Waals surface area contributed by atoms with Crippen LogP contribution in [0.3, 0.4) is 0 Å². The molecule has 128 valence electrons. The zero-order valence-electron chi connectivity index (χ0n) is 13.6. The minimum absolute atomic E-state index is 0.154. The zero-order chi connectivity index (χ0) is 18.1. The number of benzene rings is 2. The Balaban J connectivity index is 1.93. The van der Waals surface area contributed by atoms with Gasteiger partial charge in [-0.1, -0.05) is 35.7 Å². The molecule has 1 atom stereocenters. The van der Waals surface area contributed by atoms with Crippen molar-refractivity contribution in [3.8, 4) is 23.8 Å². The second-order valence-electron chi connectivity index (χ2n) is 4.98. The lowest BCUT2D eigenvalue weighted by molar-refractivity contribution is -0.127. The van der Waals surface area contributed by atoms with E-state index < -0.39 is 12.0 Å². The molecule has 5 nitrogen and oxygen atoms in total. The summed E-state index contributed by atoms with van der Waals surface area (Å²) in [7, 11) is 0. The Bertz CT molecular complexity index is 799. The topological polar surface area (TPSA) is 59.9 Å². The minimum atomic E-state index is -0.733. The molecule has 0 spiro atoms. The highest BCUT2D eigenvalue weighted by molar-refractivity contribution is 6.30. The summed E-state index contributed by atoms with van der Waals surface area (Å²) < 4.78 is 10.9. The molecular formula is C19H17ClN2O3. The molecule has 6 heteroatoms. The Kier molecular flexibility index (Phi) is 6.87. The maximum Gasteiger partial charge on any atom is 0.280 e. The minimum Gasteiger partial charge on any atom is -0.481 e. The average Bonchev–Trinajstić information content (AvgIpc) is 2.60. The van der Waals surface area contributed by atoms with Crippen molar-refractivity contribution in [2.45, 2.75) is 13.0 Å². The van der Waals surface area contributed by atoms with E-state index in [1.54, 1.807) is 43.3 Å². The molecule has 0 saturated heterocycles. The standard InChI is InChI=1S/C19H17ClN2O3/c1-3-11-24-18-10-5-4-7-15(18)13-21-22-19(23)14(2)25-17-9-6-8-16(20)12-17/h1,4-10,12-14H,11H2,2H3,(H,22,23). The number of nitrogens with one attached hydrogen (secondary N) is 1. The number of halogens is 1. The number of terminal acetylenes is 1. The van der Waals surface area contributed by atoms with E-state index in [1.807, 2.05) is 12.1 Å². The SMILES string of the molecule is C#CCOc1ccccc1C=NNC(=O)C(C)Oc1cccc(Cl)c1. The molecule has 1 unspecified atom stereocenters. The van der Waals surface area contributed by atoms with Gasteiger partial charge >= 0.3 is 0 Å². The summed E-state index contributed by atoms with van der Waals surface area (Å²) in [5.41, 5.74) is 3.12. The number of rotatable bonds is 7. The first-order chi connectivity index (χ1) is 12.1. The van der Waals surface area contributed by atoms with Crippen LogP contribution in [-0.4, -0.2) is 24.8 Å². The number of hydrogen-bond acceptors (Lipinski definition) is 4. The second-order valence-corrected chi connectivity index (χ2v) is 5.42. The molecule has 0 aromatic heterocycles. The van der Waals surface area contributed by atoms with Gasteiger partial charge in [-0.05, 0) is 37.3 Å². The molecule has 0 saturated carbocycles. The van der Waals surface area contributed by atoms with Crippen molar-refractivity contribution in [3.05, 3.63) is 59.1 Å². The Labute approximate surface area is 151 Å². The van der Waals surface area contributed by atoms with Gasteiger partial charge in [0.05, 0.1) is 6.21 Å². The lowest BCUT2D eigenvalue weighted by Crippen LogP contribution is -2.33. The van der Waals surface area contributed by atoms with Gasteiger partial charge in [0.15, 0.2) is 6.10 Å². The molecule has 0 heterocycles. The lowest BCUT2D eigenvalue weighted by atomic mass is 10.2. The third-order valence-electron chi connectivity index (χ3n) is 3.09. The molecule has 0 fully saturated rings. The van der Waals surface area contributed by atoms with Crippen molar-refractivity contribution < 1.29 is 14.3 Å². The van der Waals surface area contributed by atoms with Crippen molar-refractivity contribution in [1.82, 2.24) is 5.43 Å². The van der Waals surface area contributed by atoms with Gasteiger partial charge in [0, 0.05) is 10.6 Å². The van der Waals surface area contributed by atoms with Gasteiger partial charge in [0.2, 0.25) is 0 Å². The van der Waals surface area contributed by atoms with E-state index in [2.05, 4.69) is 16.4 Å². The van der Waals surface area contributed by atoms with E-state index in [0.29, 0.717) is 22.1 Å². The lowest BCUT2D eigenvalue weighted by Gasteiger charge is -2.13. The fraction of sp³-hybridized carbons (Fsp3) is 0.158. The monoisotopic (exact) mass is 356 g/mol. The van der Waals surface area contributed by atoms with Crippen LogP contribution >= 0.6 is 11.6 Å². The van der Waals surface area contributed by atoms with Crippen molar-refractivity contribution in [2.24, 2.45) is 5.10 Å². The molecular weight excluding hydrogens is 340 g/mol. The number of para-hydroxylation sites is 1. The van der Waals surface area contributed by atoms with Crippen LogP contribution in [0.1, 0.15) is 12.5 Å². The summed E-state index contributed by atoms with van der Waals surface area (Å²) >= 11 is 5.88. The van der Waals surface area contributed by atoms with Crippen LogP contribution in [0.25, 0.3) is 0 Å². The smallest absolute Gasteiger partial charge is 0.280 e. The normalized spacial score (nSPS) is 11.6. The molecule has 1 amide bonds. The average molecular weight is 357 g/mol. The zero-order valence-corrected chi connectivity index (χ0v) is 14.4. The first-order valence-corrected chi connectivity index (χ1v) is 7.88. The van der Waals surface area contributed by atoms with Gasteiger partial charge in [-0.2, -0.15) is 5.10 Å². The molecule has 0 aliphatic heterocycles. The predicted octanol–water partition coefficient (Wildman–Crippen LogP) is 3.27. The summed E-state index contributed by atoms with van der Waals surface area (Å²) in [6.45, 7) is 1.78. The fourth-order valence-corrected chi connectivity index (χ4v) is 2.07. The number of carbonyl (C=O) groups is 1. The van der Waals surface area contributed by atoms with Gasteiger partial charge in [-0.15, -0.1) is 6.42 Å². The summed E-state index contributed by atoms with van der Waals surface area (Å²) in [4.78, 5) is 12.0. The van der Waals surface area contributed by atoms with Crippen molar-refractivity contribution in [1.29, 1.82) is 0 Å². The maximum absolute atomic E-state index is 12.0. The van der Waals surface area contributed by atoms with E-state index in [-0.39, 0.29) is 6.61 Å². The molecule has 0 radical (unpaired) electrons. The van der Waals surface area contributed by atoms with E-state index in [9.17, 15) is 4.79 Å². The largest absolute Gasteiger partial charge is 0.481 e. The van der Waals surface area contributed by atoms with Crippen LogP contribution in [0.15, 0.2) is 53.6 Å². The van der Waals surface area contributed by atoms with Crippen molar-refractivity contribution in [2.75, 3.05) is 6.61 Å². The van der Waals surface area contributed by atoms with Crippen LogP contribution in [0.4, 0.5) is 0 Å². The molecule has 1 N–H and O–H groups in total. The van der Waals surface area contributed by atoms with E-state index in [4.69, 9.17) is 27.5 Å². The van der Waals surface area contributed by atoms with Gasteiger partial charge in [0.25, 0.3) is 5.91 Å². The van der Waals surface area contributed by atoms with Crippen LogP contribution in [0.2, 0.25) is 5.02 Å². The van der Waals surface area contributed by atoms with Gasteiger partial charge in [0.1, 0.15) is 18.1 Å². The van der Waals surface area contributed by atoms with Gasteiger partial charge in [-0.3, -0.25) is 4.79 Å². The van der Waals surface area contributed by atoms with Crippen LogP contribution < -0.4 is 14.9 Å². The summed E-state index contributed by atoms with van der Waals surface area (Å²) in [5.74, 6) is 3.10. The van der Waals surface area contributed by atoms with Crippen LogP contribution in [-0.2, 0) is 4.79 Å². The van der Waals surface area contributed by atoms with E-state index in [0.717, 1.165) is 0 Å². The highest BCUT2D eigenvalue weighted by Crippen LogP contribution is 2.18. The first-order valence-electron chi connectivity index (χ1n) is 7.50. The van der Waals surface area contributed by atoms with E-state index in [1.165, 1.54) is 6.21 Å². The quantitative estimate of drug-likeness (QED) is 0.470. The number of hydrazone groups is 1. The number of carbonyl (C=O) groups excluding carboxylic acids is 1. The van der Waals surface area contributed by atoms with E-state index >= 15 is 0 Å². The van der Waals surface area contributed by atoms with Crippen molar-refractivity contribution in [3.63, 3.8) is 0 Å². The Hall–Kier alpha value is -2.97. The molecule has 0 aliphatic carbocycles. The molecule has 2 aromatic carbocycles. The number of amides is 1. The maximum atomic E-state index is 12.0. The summed E-state index contributed by atoms with van der Waals surface area (Å²) in [6.07, 6.45) is 5.93. The number of nitrogens with zero attached hydrogens (tertiary/aromatic N) is 1. The number of hydrogen-bond donors (Lipinski definition) is 1. The van der Waals surface area contributed by atoms with Gasteiger partial charge in [-0.25, -0.2) is 5.43 Å². The van der Waals surface area contributed by atoms with Crippen LogP contribution in [0.5, 0.6) is 11.5 Å². The fourth-order valence-electron chi connectivity index (χ4n) is 1.89. The third kappa shape index (κ3) is 5.87. The predicted molar refractivity (Wildman–Crippen MR) is 98.0 cm³/mol. The third-order valence-corrected chi connectivity index (χ3v) is 3.32. The molecule has 0 aliphatic rings. The molecule has 2 rings (SSSR count). The molecule has 25 heavy (non-hydrogen) atoms. The molecule has 2 aromatic rings. The Morgan fingerprint density at radius 3 is 2.92 bits per heavy atom. The highest BCUT2D eigenvalue weighted by atomic mass is 35.5. The first kappa shape index (κ1) is 18.4. The van der Waals surface area contributed by atoms with Gasteiger partial charge < -0.3 is 9.47 Å². The van der Waals surface area contributed by atoms with Crippen LogP contribution in [0, 0.1) is 12.3 Å². The second kappa shape index (κ2) is 9.36. The summed E-state index contributed by atoms with van der Waals surface area (Å²) in [5, 5.41) is 4.46. The number of ether oxygens (including phenoxy) is 2. The van der Waals surface area contributed by atoms with Crippen molar-refractivity contribution >= 4 is 23.7 Å². The molecule has 0 bridgehead atoms. The summed E-state index contributed by atoms with van der Waals surface area (Å²) in [6, 6.07) is 14.0. The highest BCUT2D eigenvalue weighted by Gasteiger charge is 2.14. The Morgan fingerprint density at radius 2 is 2.16 bits per heavy atom.